The highest BCUT2D eigenvalue weighted by molar-refractivity contribution is 5.92. The van der Waals surface area contributed by atoms with E-state index >= 15 is 0 Å². The third kappa shape index (κ3) is 9.72. The number of benzene rings is 2. The normalized spacial score (nSPS) is 13.2. The first-order valence-electron chi connectivity index (χ1n) is 11.2. The van der Waals surface area contributed by atoms with Crippen molar-refractivity contribution in [2.75, 3.05) is 6.54 Å². The van der Waals surface area contributed by atoms with Crippen LogP contribution in [0, 0.1) is 0 Å². The molecule has 0 saturated carbocycles. The minimum atomic E-state index is -1.03. The number of amides is 3. The number of hydrogen-bond acceptors (Lipinski definition) is 6. The maximum Gasteiger partial charge on any atom is 0.243 e. The van der Waals surface area contributed by atoms with Crippen LogP contribution in [0.3, 0.4) is 0 Å². The lowest BCUT2D eigenvalue weighted by Gasteiger charge is -2.23. The quantitative estimate of drug-likeness (QED) is 0.107. The van der Waals surface area contributed by atoms with Crippen molar-refractivity contribution < 1.29 is 19.5 Å². The van der Waals surface area contributed by atoms with Gasteiger partial charge in [-0.2, -0.15) is 0 Å². The number of primary amides is 1. The van der Waals surface area contributed by atoms with Crippen LogP contribution in [0.25, 0.3) is 0 Å². The van der Waals surface area contributed by atoms with E-state index < -0.39 is 35.8 Å². The molecule has 188 valence electrons. The first-order valence-corrected chi connectivity index (χ1v) is 11.2. The van der Waals surface area contributed by atoms with Crippen LogP contribution in [0.1, 0.15) is 24.0 Å². The summed E-state index contributed by atoms with van der Waals surface area (Å²) in [5.74, 6) is -1.84. The summed E-state index contributed by atoms with van der Waals surface area (Å²) in [5, 5.41) is 14.7. The number of aromatic hydroxyl groups is 1. The summed E-state index contributed by atoms with van der Waals surface area (Å²) >= 11 is 0. The third-order valence-corrected chi connectivity index (χ3v) is 5.25. The van der Waals surface area contributed by atoms with E-state index in [9.17, 15) is 19.5 Å². The smallest absolute Gasteiger partial charge is 0.243 e. The van der Waals surface area contributed by atoms with Gasteiger partial charge in [-0.1, -0.05) is 42.5 Å². The number of rotatable bonds is 13. The predicted octanol–water partition coefficient (Wildman–Crippen LogP) is -0.987. The van der Waals surface area contributed by atoms with Crippen molar-refractivity contribution in [3.05, 3.63) is 65.7 Å². The molecule has 0 aliphatic rings. The number of phenols is 1. The Labute approximate surface area is 204 Å². The maximum atomic E-state index is 13.0. The molecule has 0 radical (unpaired) electrons. The van der Waals surface area contributed by atoms with Gasteiger partial charge in [0.2, 0.25) is 17.7 Å². The summed E-state index contributed by atoms with van der Waals surface area (Å²) in [6.07, 6.45) is 1.00. The summed E-state index contributed by atoms with van der Waals surface area (Å²) in [4.78, 5) is 41.7. The van der Waals surface area contributed by atoms with Gasteiger partial charge in [0.25, 0.3) is 0 Å². The van der Waals surface area contributed by atoms with E-state index in [0.29, 0.717) is 18.4 Å². The van der Waals surface area contributed by atoms with Crippen LogP contribution < -0.4 is 33.6 Å². The molecule has 2 rings (SSSR count). The maximum absolute atomic E-state index is 13.0. The average molecular weight is 484 g/mol. The average Bonchev–Trinajstić information content (AvgIpc) is 2.82. The molecule has 0 spiro atoms. The van der Waals surface area contributed by atoms with Crippen LogP contribution in [0.5, 0.6) is 5.75 Å². The fourth-order valence-electron chi connectivity index (χ4n) is 3.37. The molecular formula is C24H33N7O4. The Hall–Kier alpha value is -4.12. The summed E-state index contributed by atoms with van der Waals surface area (Å²) in [7, 11) is 0. The number of carbonyl (C=O) groups is 3. The molecule has 0 heterocycles. The molecular weight excluding hydrogens is 450 g/mol. The van der Waals surface area contributed by atoms with Crippen LogP contribution >= 0.6 is 0 Å². The number of carbonyl (C=O) groups excluding carboxylic acids is 3. The number of nitrogens with zero attached hydrogens (tertiary/aromatic N) is 1. The van der Waals surface area contributed by atoms with Gasteiger partial charge in [0, 0.05) is 13.0 Å². The minimum absolute atomic E-state index is 0.0730. The first-order chi connectivity index (χ1) is 16.7. The highest BCUT2D eigenvalue weighted by Crippen LogP contribution is 2.12. The molecule has 2 aromatic rings. The van der Waals surface area contributed by atoms with Gasteiger partial charge in [-0.25, -0.2) is 0 Å². The summed E-state index contributed by atoms with van der Waals surface area (Å²) < 4.78 is 0. The molecule has 11 N–H and O–H groups in total. The summed E-state index contributed by atoms with van der Waals surface area (Å²) in [5.41, 5.74) is 23.8. The van der Waals surface area contributed by atoms with Gasteiger partial charge in [0.15, 0.2) is 5.96 Å². The van der Waals surface area contributed by atoms with Gasteiger partial charge in [0.05, 0.1) is 6.04 Å². The monoisotopic (exact) mass is 483 g/mol. The van der Waals surface area contributed by atoms with E-state index in [1.165, 1.54) is 12.1 Å². The van der Waals surface area contributed by atoms with Gasteiger partial charge in [0.1, 0.15) is 17.8 Å². The topological polar surface area (TPSA) is 212 Å². The molecule has 0 aliphatic heterocycles. The fraction of sp³-hybridized carbons (Fsp3) is 0.333. The van der Waals surface area contributed by atoms with Crippen LogP contribution in [0.15, 0.2) is 59.6 Å². The second-order valence-corrected chi connectivity index (χ2v) is 8.14. The minimum Gasteiger partial charge on any atom is -0.508 e. The van der Waals surface area contributed by atoms with Crippen molar-refractivity contribution in [2.24, 2.45) is 27.9 Å². The summed E-state index contributed by atoms with van der Waals surface area (Å²) in [6.45, 7) is 0.255. The first kappa shape index (κ1) is 27.1. The molecule has 0 fully saturated rings. The van der Waals surface area contributed by atoms with Crippen molar-refractivity contribution in [1.82, 2.24) is 10.6 Å². The van der Waals surface area contributed by atoms with Gasteiger partial charge in [-0.05, 0) is 42.5 Å². The number of aliphatic imine (C=N–C) groups is 1. The SMILES string of the molecule is NC(=O)C(Cc1ccc(O)cc1)NC(=O)[C@H](CCCN=C(N)N)NC(=O)[C@@H](N)Cc1ccccc1. The van der Waals surface area contributed by atoms with Crippen LogP contribution in [-0.4, -0.2) is 53.5 Å². The number of hydrogen-bond donors (Lipinski definition) is 7. The lowest BCUT2D eigenvalue weighted by Crippen LogP contribution is -2.56. The Kier molecular flexibility index (Phi) is 10.5. The van der Waals surface area contributed by atoms with E-state index in [0.717, 1.165) is 5.56 Å². The van der Waals surface area contributed by atoms with E-state index in [4.69, 9.17) is 22.9 Å². The summed E-state index contributed by atoms with van der Waals surface area (Å²) in [6, 6.07) is 12.5. The van der Waals surface area contributed by atoms with E-state index in [2.05, 4.69) is 15.6 Å². The number of phenolic OH excluding ortho intramolecular Hbond substituents is 1. The van der Waals surface area contributed by atoms with Crippen LogP contribution in [-0.2, 0) is 27.2 Å². The van der Waals surface area contributed by atoms with Crippen molar-refractivity contribution in [3.8, 4) is 5.75 Å². The van der Waals surface area contributed by atoms with Gasteiger partial charge < -0.3 is 38.7 Å². The highest BCUT2D eigenvalue weighted by atomic mass is 16.3. The second-order valence-electron chi connectivity index (χ2n) is 8.14. The largest absolute Gasteiger partial charge is 0.508 e. The molecule has 0 bridgehead atoms. The van der Waals surface area contributed by atoms with Crippen LogP contribution in [0.4, 0.5) is 0 Å². The van der Waals surface area contributed by atoms with Crippen LogP contribution in [0.2, 0.25) is 0 Å². The van der Waals surface area contributed by atoms with Gasteiger partial charge in [-0.15, -0.1) is 0 Å². The lowest BCUT2D eigenvalue weighted by molar-refractivity contribution is -0.131. The van der Waals surface area contributed by atoms with Crippen molar-refractivity contribution >= 4 is 23.7 Å². The van der Waals surface area contributed by atoms with Crippen molar-refractivity contribution in [3.63, 3.8) is 0 Å². The Morgan fingerprint density at radius 2 is 1.43 bits per heavy atom. The number of guanidine groups is 1. The van der Waals surface area contributed by atoms with E-state index in [-0.39, 0.29) is 31.1 Å². The van der Waals surface area contributed by atoms with E-state index in [1.54, 1.807) is 12.1 Å². The molecule has 3 amide bonds. The molecule has 35 heavy (non-hydrogen) atoms. The zero-order valence-corrected chi connectivity index (χ0v) is 19.4. The van der Waals surface area contributed by atoms with Gasteiger partial charge >= 0.3 is 0 Å². The molecule has 11 nitrogen and oxygen atoms in total. The predicted molar refractivity (Wildman–Crippen MR) is 133 cm³/mol. The zero-order chi connectivity index (χ0) is 25.8. The highest BCUT2D eigenvalue weighted by Gasteiger charge is 2.27. The number of nitrogens with two attached hydrogens (primary N) is 4. The Morgan fingerprint density at radius 1 is 0.829 bits per heavy atom. The Morgan fingerprint density at radius 3 is 2.03 bits per heavy atom. The molecule has 11 heteroatoms. The van der Waals surface area contributed by atoms with Gasteiger partial charge in [-0.3, -0.25) is 19.4 Å². The van der Waals surface area contributed by atoms with Crippen molar-refractivity contribution in [1.29, 1.82) is 0 Å². The van der Waals surface area contributed by atoms with Crippen molar-refractivity contribution in [2.45, 2.75) is 43.8 Å². The standard InChI is InChI=1S/C24H33N7O4/c25-18(13-15-5-2-1-3-6-15)22(34)30-19(7-4-12-29-24(27)28)23(35)31-20(21(26)33)14-16-8-10-17(32)11-9-16/h1-3,5-6,8-11,18-20,32H,4,7,12-14,25H2,(H2,26,33)(H,30,34)(H,31,35)(H4,27,28,29)/t18-,19-,20?/m0/s1. The lowest BCUT2D eigenvalue weighted by atomic mass is 10.0. The Bertz CT molecular complexity index is 1010. The molecule has 0 saturated heterocycles. The molecule has 1 unspecified atom stereocenters. The third-order valence-electron chi connectivity index (χ3n) is 5.25. The second kappa shape index (κ2) is 13.6. The fourth-order valence-corrected chi connectivity index (χ4v) is 3.37. The molecule has 2 aromatic carbocycles. The Balaban J connectivity index is 2.08. The van der Waals surface area contributed by atoms with E-state index in [1.807, 2.05) is 30.3 Å². The molecule has 0 aliphatic carbocycles. The molecule has 0 aromatic heterocycles. The number of nitrogens with one attached hydrogen (secondary N) is 2. The zero-order valence-electron chi connectivity index (χ0n) is 19.4. The molecule has 3 atom stereocenters.